The van der Waals surface area contributed by atoms with E-state index >= 15 is 0 Å². The van der Waals surface area contributed by atoms with E-state index in [0.717, 1.165) is 22.0 Å². The van der Waals surface area contributed by atoms with Gasteiger partial charge in [0.05, 0.1) is 13.0 Å². The Morgan fingerprint density at radius 3 is 2.82 bits per heavy atom. The molecule has 0 spiro atoms. The van der Waals surface area contributed by atoms with Crippen LogP contribution in [0.2, 0.25) is 0 Å². The van der Waals surface area contributed by atoms with E-state index in [-0.39, 0.29) is 30.0 Å². The van der Waals surface area contributed by atoms with Crippen molar-refractivity contribution in [1.29, 1.82) is 0 Å². The third-order valence-corrected chi connectivity index (χ3v) is 5.04. The van der Waals surface area contributed by atoms with Crippen LogP contribution in [0, 0.1) is 5.82 Å². The Hall–Kier alpha value is -3.15. The normalized spacial score (nSPS) is 17.9. The molecule has 2 heterocycles. The fraction of sp³-hybridized carbons (Fsp3) is 0.273. The number of rotatable bonds is 4. The molecule has 0 amide bonds. The first-order chi connectivity index (χ1) is 13.5. The van der Waals surface area contributed by atoms with Gasteiger partial charge in [0.2, 0.25) is 5.56 Å². The van der Waals surface area contributed by atoms with Crippen LogP contribution in [0.25, 0.3) is 10.9 Å². The van der Waals surface area contributed by atoms with Gasteiger partial charge in [-0.1, -0.05) is 6.07 Å². The molecule has 2 atom stereocenters. The maximum absolute atomic E-state index is 14.1. The number of nitrogens with one attached hydrogen (secondary N) is 1. The fourth-order valence-corrected chi connectivity index (χ4v) is 3.55. The summed E-state index contributed by atoms with van der Waals surface area (Å²) in [6.45, 7) is 2.24. The van der Waals surface area contributed by atoms with E-state index in [1.165, 1.54) is 18.2 Å². The van der Waals surface area contributed by atoms with Crippen LogP contribution in [0.5, 0.6) is 5.75 Å². The van der Waals surface area contributed by atoms with Gasteiger partial charge in [0.25, 0.3) is 0 Å². The lowest BCUT2D eigenvalue weighted by Gasteiger charge is -2.23. The highest BCUT2D eigenvalue weighted by atomic mass is 19.1. The Kier molecular flexibility index (Phi) is 4.86. The van der Waals surface area contributed by atoms with Crippen LogP contribution >= 0.6 is 0 Å². The Morgan fingerprint density at radius 2 is 2.00 bits per heavy atom. The highest BCUT2D eigenvalue weighted by Gasteiger charge is 2.23. The average Bonchev–Trinajstić information content (AvgIpc) is 2.67. The van der Waals surface area contributed by atoms with Gasteiger partial charge in [0.15, 0.2) is 0 Å². The van der Waals surface area contributed by atoms with E-state index in [0.29, 0.717) is 18.8 Å². The summed E-state index contributed by atoms with van der Waals surface area (Å²) in [7, 11) is 0. The molecule has 5 nitrogen and oxygen atoms in total. The number of halogens is 1. The van der Waals surface area contributed by atoms with Crippen molar-refractivity contribution in [1.82, 2.24) is 4.98 Å². The van der Waals surface area contributed by atoms with Crippen LogP contribution in [0.1, 0.15) is 42.9 Å². The molecule has 0 bridgehead atoms. The molecule has 2 unspecified atom stereocenters. The lowest BCUT2D eigenvalue weighted by molar-refractivity contribution is -0.147. The van der Waals surface area contributed by atoms with Gasteiger partial charge in [0, 0.05) is 17.6 Å². The molecule has 6 heteroatoms. The third-order valence-electron chi connectivity index (χ3n) is 5.04. The second-order valence-corrected chi connectivity index (χ2v) is 7.06. The summed E-state index contributed by atoms with van der Waals surface area (Å²) in [6.07, 6.45) is 0.608. The molecule has 0 saturated carbocycles. The summed E-state index contributed by atoms with van der Waals surface area (Å²) < 4.78 is 25.1. The highest BCUT2D eigenvalue weighted by Crippen LogP contribution is 2.32. The molecule has 1 N–H and O–H groups in total. The van der Waals surface area contributed by atoms with Crippen molar-refractivity contribution in [3.63, 3.8) is 0 Å². The van der Waals surface area contributed by atoms with Crippen molar-refractivity contribution >= 4 is 16.9 Å². The first-order valence-corrected chi connectivity index (χ1v) is 9.24. The Labute approximate surface area is 161 Å². The topological polar surface area (TPSA) is 68.4 Å². The van der Waals surface area contributed by atoms with Crippen molar-refractivity contribution in [2.45, 2.75) is 31.8 Å². The fourth-order valence-electron chi connectivity index (χ4n) is 3.55. The number of benzene rings is 2. The van der Waals surface area contributed by atoms with Crippen molar-refractivity contribution < 1.29 is 18.7 Å². The molecular formula is C22H20FNO4. The van der Waals surface area contributed by atoms with Crippen molar-refractivity contribution in [2.75, 3.05) is 6.61 Å². The van der Waals surface area contributed by atoms with E-state index in [9.17, 15) is 14.0 Å². The molecule has 0 aliphatic carbocycles. The number of hydrogen-bond acceptors (Lipinski definition) is 4. The number of H-pyrrole nitrogens is 1. The maximum Gasteiger partial charge on any atom is 0.306 e. The number of carbonyl (C=O) groups excluding carboxylic acids is 1. The molecule has 3 aromatic rings. The Balaban J connectivity index is 1.57. The molecular weight excluding hydrogens is 361 g/mol. The van der Waals surface area contributed by atoms with Gasteiger partial charge >= 0.3 is 5.97 Å². The zero-order valence-corrected chi connectivity index (χ0v) is 15.4. The van der Waals surface area contributed by atoms with Gasteiger partial charge in [-0.3, -0.25) is 9.59 Å². The summed E-state index contributed by atoms with van der Waals surface area (Å²) in [5, 5.41) is 0.896. The van der Waals surface area contributed by atoms with Crippen LogP contribution in [0.3, 0.4) is 0 Å². The van der Waals surface area contributed by atoms with Crippen molar-refractivity contribution in [2.24, 2.45) is 0 Å². The molecule has 1 aliphatic rings. The van der Waals surface area contributed by atoms with Crippen LogP contribution in [-0.2, 0) is 9.53 Å². The summed E-state index contributed by atoms with van der Waals surface area (Å²) >= 11 is 0. The molecule has 0 radical (unpaired) electrons. The van der Waals surface area contributed by atoms with Crippen LogP contribution < -0.4 is 10.3 Å². The smallest absolute Gasteiger partial charge is 0.306 e. The number of ether oxygens (including phenoxy) is 2. The van der Waals surface area contributed by atoms with E-state index in [4.69, 9.17) is 9.47 Å². The SMILES string of the molecule is CC(Oc1cc(F)cc(C2CCOC(=O)C2)c1)c1ccc2[nH]c(=O)ccc2c1. The quantitative estimate of drug-likeness (QED) is 0.687. The Bertz CT molecular complexity index is 1090. The number of cyclic esters (lactones) is 1. The number of pyridine rings is 1. The summed E-state index contributed by atoms with van der Waals surface area (Å²) in [6, 6.07) is 13.5. The van der Waals surface area contributed by atoms with E-state index in [1.54, 1.807) is 12.1 Å². The van der Waals surface area contributed by atoms with Crippen LogP contribution in [0.4, 0.5) is 4.39 Å². The molecule has 4 rings (SSSR count). The van der Waals surface area contributed by atoms with Gasteiger partial charge in [-0.25, -0.2) is 4.39 Å². The summed E-state index contributed by atoms with van der Waals surface area (Å²) in [4.78, 5) is 25.7. The second kappa shape index (κ2) is 7.46. The summed E-state index contributed by atoms with van der Waals surface area (Å²) in [5.41, 5.74) is 2.26. The zero-order chi connectivity index (χ0) is 19.7. The van der Waals surface area contributed by atoms with Gasteiger partial charge < -0.3 is 14.5 Å². The van der Waals surface area contributed by atoms with Crippen LogP contribution in [-0.4, -0.2) is 17.6 Å². The monoisotopic (exact) mass is 381 g/mol. The number of fused-ring (bicyclic) bond motifs is 1. The molecule has 2 aromatic carbocycles. The van der Waals surface area contributed by atoms with E-state index in [2.05, 4.69) is 4.98 Å². The molecule has 144 valence electrons. The van der Waals surface area contributed by atoms with Crippen LogP contribution in [0.15, 0.2) is 53.3 Å². The highest BCUT2D eigenvalue weighted by molar-refractivity contribution is 5.79. The predicted molar refractivity (Wildman–Crippen MR) is 103 cm³/mol. The van der Waals surface area contributed by atoms with Gasteiger partial charge in [-0.2, -0.15) is 0 Å². The Morgan fingerprint density at radius 1 is 1.14 bits per heavy atom. The maximum atomic E-state index is 14.1. The van der Waals surface area contributed by atoms with E-state index < -0.39 is 5.82 Å². The molecule has 1 fully saturated rings. The minimum atomic E-state index is -0.394. The minimum absolute atomic E-state index is 0.0629. The average molecular weight is 381 g/mol. The number of aromatic nitrogens is 1. The number of hydrogen-bond donors (Lipinski definition) is 1. The first-order valence-electron chi connectivity index (χ1n) is 9.24. The lowest BCUT2D eigenvalue weighted by atomic mass is 9.91. The van der Waals surface area contributed by atoms with E-state index in [1.807, 2.05) is 25.1 Å². The van der Waals surface area contributed by atoms with Crippen molar-refractivity contribution in [3.05, 3.63) is 75.8 Å². The molecule has 1 saturated heterocycles. The minimum Gasteiger partial charge on any atom is -0.486 e. The van der Waals surface area contributed by atoms with Crippen molar-refractivity contribution in [3.8, 4) is 5.75 Å². The van der Waals surface area contributed by atoms with Gasteiger partial charge in [-0.15, -0.1) is 0 Å². The standard InChI is InChI=1S/C22H20FNO4/c1-13(14-2-4-20-16(8-14)3-5-21(25)24-20)28-19-10-17(9-18(23)12-19)15-6-7-27-22(26)11-15/h2-5,8-10,12-13,15H,6-7,11H2,1H3,(H,24,25). The largest absolute Gasteiger partial charge is 0.486 e. The summed E-state index contributed by atoms with van der Waals surface area (Å²) in [5.74, 6) is -0.296. The van der Waals surface area contributed by atoms with Gasteiger partial charge in [0.1, 0.15) is 17.7 Å². The number of carbonyl (C=O) groups is 1. The predicted octanol–water partition coefficient (Wildman–Crippen LogP) is 4.23. The first kappa shape index (κ1) is 18.2. The number of esters is 1. The zero-order valence-electron chi connectivity index (χ0n) is 15.4. The molecule has 1 aliphatic heterocycles. The third kappa shape index (κ3) is 3.91. The number of aromatic amines is 1. The molecule has 1 aromatic heterocycles. The lowest BCUT2D eigenvalue weighted by Crippen LogP contribution is -2.19. The van der Waals surface area contributed by atoms with Gasteiger partial charge in [-0.05, 0) is 66.1 Å². The molecule has 28 heavy (non-hydrogen) atoms. The second-order valence-electron chi connectivity index (χ2n) is 7.06.